The van der Waals surface area contributed by atoms with Gasteiger partial charge in [0, 0.05) is 24.3 Å². The van der Waals surface area contributed by atoms with Gasteiger partial charge in [-0.25, -0.2) is 0 Å². The lowest BCUT2D eigenvalue weighted by atomic mass is 10.1. The third kappa shape index (κ3) is 6.13. The Hall–Kier alpha value is -3.94. The predicted octanol–water partition coefficient (Wildman–Crippen LogP) is 3.76. The summed E-state index contributed by atoms with van der Waals surface area (Å²) in [5.74, 6) is -0.926. The van der Waals surface area contributed by atoms with Crippen LogP contribution in [0, 0.1) is 20.2 Å². The van der Waals surface area contributed by atoms with Crippen LogP contribution in [0.4, 0.5) is 11.4 Å². The van der Waals surface area contributed by atoms with E-state index in [-0.39, 0.29) is 17.8 Å². The monoisotopic (exact) mass is 366 g/mol. The Morgan fingerprint density at radius 3 is 1.56 bits per heavy atom. The highest BCUT2D eigenvalue weighted by Crippen LogP contribution is 2.15. The number of nitro benzene ring substituents is 2. The van der Waals surface area contributed by atoms with E-state index in [9.17, 15) is 29.8 Å². The molecule has 2 aromatic rings. The van der Waals surface area contributed by atoms with Gasteiger partial charge in [0.15, 0.2) is 11.6 Å². The number of non-ortho nitro benzene ring substituents is 2. The van der Waals surface area contributed by atoms with Crippen molar-refractivity contribution in [2.75, 3.05) is 0 Å². The average Bonchev–Trinajstić information content (AvgIpc) is 2.65. The molecule has 2 rings (SSSR count). The minimum Gasteiger partial charge on any atom is -0.294 e. The van der Waals surface area contributed by atoms with E-state index in [2.05, 4.69) is 0 Å². The van der Waals surface area contributed by atoms with Crippen molar-refractivity contribution in [1.82, 2.24) is 0 Å². The van der Waals surface area contributed by atoms with Crippen LogP contribution in [-0.2, 0) is 9.59 Å². The van der Waals surface area contributed by atoms with Crippen LogP contribution in [0.1, 0.15) is 17.5 Å². The Morgan fingerprint density at radius 1 is 0.778 bits per heavy atom. The number of hydrogen-bond donors (Lipinski definition) is 0. The van der Waals surface area contributed by atoms with Crippen molar-refractivity contribution in [3.05, 3.63) is 92.0 Å². The largest absolute Gasteiger partial charge is 0.294 e. The van der Waals surface area contributed by atoms with Gasteiger partial charge in [-0.3, -0.25) is 29.8 Å². The van der Waals surface area contributed by atoms with Gasteiger partial charge in [0.1, 0.15) is 0 Å². The molecule has 0 saturated carbocycles. The van der Waals surface area contributed by atoms with Gasteiger partial charge in [-0.15, -0.1) is 0 Å². The summed E-state index contributed by atoms with van der Waals surface area (Å²) in [6.45, 7) is 0. The third-order valence-electron chi connectivity index (χ3n) is 3.43. The Balaban J connectivity index is 1.96. The molecule has 0 aliphatic carbocycles. The summed E-state index contributed by atoms with van der Waals surface area (Å²) in [5.41, 5.74) is 0.746. The lowest BCUT2D eigenvalue weighted by Crippen LogP contribution is -2.01. The fraction of sp³-hybridized carbons (Fsp3) is 0.0526. The zero-order valence-corrected chi connectivity index (χ0v) is 14.0. The lowest BCUT2D eigenvalue weighted by Gasteiger charge is -1.95. The zero-order valence-electron chi connectivity index (χ0n) is 14.0. The normalized spacial score (nSPS) is 11.0. The summed E-state index contributed by atoms with van der Waals surface area (Å²) < 4.78 is 0. The number of carbonyl (C=O) groups excluding carboxylic acids is 2. The Morgan fingerprint density at radius 2 is 1.19 bits per heavy atom. The topological polar surface area (TPSA) is 120 Å². The molecule has 0 atom stereocenters. The molecule has 0 aliphatic heterocycles. The van der Waals surface area contributed by atoms with Crippen molar-refractivity contribution in [3.63, 3.8) is 0 Å². The first-order valence-electron chi connectivity index (χ1n) is 7.76. The van der Waals surface area contributed by atoms with Gasteiger partial charge >= 0.3 is 0 Å². The fourth-order valence-corrected chi connectivity index (χ4v) is 2.15. The average molecular weight is 366 g/mol. The molecule has 0 heterocycles. The van der Waals surface area contributed by atoms with Gasteiger partial charge in [-0.1, -0.05) is 36.4 Å². The van der Waals surface area contributed by atoms with Crippen molar-refractivity contribution in [1.29, 1.82) is 0 Å². The Bertz CT molecular complexity index is 885. The highest BCUT2D eigenvalue weighted by atomic mass is 16.6. The molecule has 0 bridgehead atoms. The summed E-state index contributed by atoms with van der Waals surface area (Å²) in [5, 5.41) is 21.4. The molecule has 0 aromatic heterocycles. The van der Waals surface area contributed by atoms with Crippen LogP contribution in [0.25, 0.3) is 12.2 Å². The van der Waals surface area contributed by atoms with Crippen LogP contribution in [0.3, 0.4) is 0 Å². The minimum absolute atomic E-state index is 0.0967. The molecule has 0 aliphatic rings. The highest BCUT2D eigenvalue weighted by molar-refractivity contribution is 6.10. The number of hydrogen-bond acceptors (Lipinski definition) is 6. The molecular weight excluding hydrogens is 352 g/mol. The number of nitrogens with zero attached hydrogens (tertiary/aromatic N) is 2. The lowest BCUT2D eigenvalue weighted by molar-refractivity contribution is -0.385. The number of nitro groups is 2. The first-order chi connectivity index (χ1) is 12.8. The number of carbonyl (C=O) groups is 2. The number of benzene rings is 2. The second-order valence-electron chi connectivity index (χ2n) is 5.48. The van der Waals surface area contributed by atoms with Gasteiger partial charge in [-0.05, 0) is 23.3 Å². The summed E-state index contributed by atoms with van der Waals surface area (Å²) in [7, 11) is 0. The van der Waals surface area contributed by atoms with Crippen molar-refractivity contribution in [3.8, 4) is 0 Å². The van der Waals surface area contributed by atoms with E-state index < -0.39 is 21.4 Å². The molecule has 0 radical (unpaired) electrons. The van der Waals surface area contributed by atoms with Crippen molar-refractivity contribution >= 4 is 35.1 Å². The molecule has 0 unspecified atom stereocenters. The molecule has 27 heavy (non-hydrogen) atoms. The Labute approximate surface area is 153 Å². The van der Waals surface area contributed by atoms with Gasteiger partial charge in [0.25, 0.3) is 11.4 Å². The van der Waals surface area contributed by atoms with E-state index >= 15 is 0 Å². The van der Waals surface area contributed by atoms with E-state index in [1.807, 2.05) is 0 Å². The molecule has 0 spiro atoms. The molecular formula is C19H14N2O6. The number of allylic oxidation sites excluding steroid dienone is 2. The summed E-state index contributed by atoms with van der Waals surface area (Å²) in [6.07, 6.45) is 4.77. The first-order valence-corrected chi connectivity index (χ1v) is 7.76. The Kier molecular flexibility index (Phi) is 6.43. The van der Waals surface area contributed by atoms with Crippen molar-refractivity contribution in [2.24, 2.45) is 0 Å². The van der Waals surface area contributed by atoms with E-state index in [4.69, 9.17) is 0 Å². The quantitative estimate of drug-likeness (QED) is 0.303. The maximum atomic E-state index is 11.8. The standard InChI is InChI=1S/C19H14N2O6/c22-18(9-7-14-3-1-5-16(11-14)20(24)25)13-19(23)10-8-15-4-2-6-17(12-15)21(26)27/h1-12H,13H2/b9-7+,10-8+. The van der Waals surface area contributed by atoms with Crippen LogP contribution in [0.5, 0.6) is 0 Å². The fourth-order valence-electron chi connectivity index (χ4n) is 2.15. The van der Waals surface area contributed by atoms with Gasteiger partial charge in [-0.2, -0.15) is 0 Å². The number of rotatable bonds is 8. The minimum atomic E-state index is -0.540. The second-order valence-corrected chi connectivity index (χ2v) is 5.48. The molecule has 8 heteroatoms. The first kappa shape index (κ1) is 19.4. The van der Waals surface area contributed by atoms with Crippen molar-refractivity contribution < 1.29 is 19.4 Å². The van der Waals surface area contributed by atoms with Crippen molar-refractivity contribution in [2.45, 2.75) is 6.42 Å². The molecule has 0 amide bonds. The predicted molar refractivity (Wildman–Crippen MR) is 98.9 cm³/mol. The highest BCUT2D eigenvalue weighted by Gasteiger charge is 2.07. The SMILES string of the molecule is O=C(/C=C/c1cccc([N+](=O)[O-])c1)CC(=O)/C=C/c1cccc([N+](=O)[O-])c1. The molecule has 136 valence electrons. The van der Waals surface area contributed by atoms with E-state index in [1.165, 1.54) is 60.7 Å². The third-order valence-corrected chi connectivity index (χ3v) is 3.43. The summed E-state index contributed by atoms with van der Waals surface area (Å²) >= 11 is 0. The van der Waals surface area contributed by atoms with Crippen LogP contribution < -0.4 is 0 Å². The van der Waals surface area contributed by atoms with Crippen LogP contribution in [-0.4, -0.2) is 21.4 Å². The molecule has 0 saturated heterocycles. The number of ketones is 2. The van der Waals surface area contributed by atoms with Gasteiger partial charge < -0.3 is 0 Å². The van der Waals surface area contributed by atoms with Crippen LogP contribution >= 0.6 is 0 Å². The second kappa shape index (κ2) is 8.95. The van der Waals surface area contributed by atoms with E-state index in [0.29, 0.717) is 11.1 Å². The molecule has 8 nitrogen and oxygen atoms in total. The maximum absolute atomic E-state index is 11.8. The zero-order chi connectivity index (χ0) is 19.8. The summed E-state index contributed by atoms with van der Waals surface area (Å²) in [6, 6.07) is 11.5. The van der Waals surface area contributed by atoms with Gasteiger partial charge in [0.2, 0.25) is 0 Å². The molecule has 0 N–H and O–H groups in total. The van der Waals surface area contributed by atoms with Crippen LogP contribution in [0.2, 0.25) is 0 Å². The van der Waals surface area contributed by atoms with E-state index in [1.54, 1.807) is 12.1 Å². The summed E-state index contributed by atoms with van der Waals surface area (Å²) in [4.78, 5) is 44.0. The molecule has 2 aromatic carbocycles. The van der Waals surface area contributed by atoms with E-state index in [0.717, 1.165) is 0 Å². The molecule has 0 fully saturated rings. The van der Waals surface area contributed by atoms with Gasteiger partial charge in [0.05, 0.1) is 16.3 Å². The maximum Gasteiger partial charge on any atom is 0.270 e. The van der Waals surface area contributed by atoms with Crippen LogP contribution in [0.15, 0.2) is 60.7 Å². The smallest absolute Gasteiger partial charge is 0.270 e.